The molecule has 2 aliphatic rings. The van der Waals surface area contributed by atoms with Gasteiger partial charge in [-0.25, -0.2) is 0 Å². The lowest BCUT2D eigenvalue weighted by Crippen LogP contribution is -2.51. The summed E-state index contributed by atoms with van der Waals surface area (Å²) in [6.07, 6.45) is 2.98. The van der Waals surface area contributed by atoms with E-state index in [4.69, 9.17) is 4.74 Å². The molecule has 2 atom stereocenters. The van der Waals surface area contributed by atoms with Gasteiger partial charge in [-0.05, 0) is 36.6 Å². The zero-order valence-corrected chi connectivity index (χ0v) is 16.9. The van der Waals surface area contributed by atoms with Gasteiger partial charge in [-0.3, -0.25) is 19.3 Å². The Bertz CT molecular complexity index is 926. The largest absolute Gasteiger partial charge is 0.493 e. The van der Waals surface area contributed by atoms with E-state index in [0.29, 0.717) is 36.3 Å². The lowest BCUT2D eigenvalue weighted by Gasteiger charge is -2.30. The average Bonchev–Trinajstić information content (AvgIpc) is 3.00. The van der Waals surface area contributed by atoms with E-state index in [0.717, 1.165) is 16.2 Å². The van der Waals surface area contributed by atoms with Crippen LogP contribution in [-0.2, 0) is 4.79 Å². The fourth-order valence-corrected chi connectivity index (χ4v) is 4.32. The Hall–Kier alpha value is -2.80. The zero-order chi connectivity index (χ0) is 20.4. The molecule has 0 spiro atoms. The molecule has 3 amide bonds. The Morgan fingerprint density at radius 3 is 2.48 bits per heavy atom. The summed E-state index contributed by atoms with van der Waals surface area (Å²) in [5, 5.41) is 3.05. The average molecular weight is 410 g/mol. The second kappa shape index (κ2) is 8.29. The number of benzene rings is 2. The maximum absolute atomic E-state index is 13.2. The molecule has 150 valence electrons. The van der Waals surface area contributed by atoms with Gasteiger partial charge in [-0.2, -0.15) is 11.8 Å². The molecule has 6 nitrogen and oxygen atoms in total. The van der Waals surface area contributed by atoms with Gasteiger partial charge in [0.2, 0.25) is 5.91 Å². The van der Waals surface area contributed by atoms with E-state index in [1.165, 1.54) is 0 Å². The molecule has 0 bridgehead atoms. The summed E-state index contributed by atoms with van der Waals surface area (Å²) in [6, 6.07) is 13.3. The van der Waals surface area contributed by atoms with E-state index in [1.54, 1.807) is 36.0 Å². The van der Waals surface area contributed by atoms with Gasteiger partial charge in [-0.15, -0.1) is 0 Å². The minimum atomic E-state index is -0.843. The van der Waals surface area contributed by atoms with Gasteiger partial charge in [0.15, 0.2) is 0 Å². The molecule has 4 rings (SSSR count). The predicted molar refractivity (Wildman–Crippen MR) is 111 cm³/mol. The number of hydrogen-bond acceptors (Lipinski definition) is 5. The van der Waals surface area contributed by atoms with Crippen LogP contribution in [0.25, 0.3) is 0 Å². The summed E-state index contributed by atoms with van der Waals surface area (Å²) in [5.74, 6) is 0.301. The lowest BCUT2D eigenvalue weighted by atomic mass is 10.00. The third kappa shape index (κ3) is 3.62. The molecular formula is C22H22N2O4S. The predicted octanol–water partition coefficient (Wildman–Crippen LogP) is 3.04. The van der Waals surface area contributed by atoms with Crippen LogP contribution >= 0.6 is 11.8 Å². The van der Waals surface area contributed by atoms with E-state index in [1.807, 2.05) is 30.5 Å². The van der Waals surface area contributed by atoms with Crippen LogP contribution in [0.2, 0.25) is 0 Å². The van der Waals surface area contributed by atoms with Crippen molar-refractivity contribution >= 4 is 29.5 Å². The second-order valence-electron chi connectivity index (χ2n) is 7.06. The number of nitrogens with one attached hydrogen (secondary N) is 1. The van der Waals surface area contributed by atoms with Crippen LogP contribution in [0.3, 0.4) is 0 Å². The number of carbonyl (C=O) groups excluding carboxylic acids is 3. The smallest absolute Gasteiger partial charge is 0.262 e. The quantitative estimate of drug-likeness (QED) is 0.741. The van der Waals surface area contributed by atoms with Crippen LogP contribution in [0.5, 0.6) is 5.75 Å². The minimum absolute atomic E-state index is 0.209. The topological polar surface area (TPSA) is 75.7 Å². The molecule has 0 radical (unpaired) electrons. The summed E-state index contributed by atoms with van der Waals surface area (Å²) in [6.45, 7) is 0.504. The van der Waals surface area contributed by atoms with Gasteiger partial charge in [0.1, 0.15) is 11.8 Å². The van der Waals surface area contributed by atoms with Crippen molar-refractivity contribution in [3.63, 3.8) is 0 Å². The molecule has 1 N–H and O–H groups in total. The first-order valence-electron chi connectivity index (χ1n) is 9.59. The second-order valence-corrected chi connectivity index (χ2v) is 8.04. The number of rotatable bonds is 6. The van der Waals surface area contributed by atoms with Crippen molar-refractivity contribution in [2.75, 3.05) is 18.6 Å². The van der Waals surface area contributed by atoms with Crippen molar-refractivity contribution in [2.24, 2.45) is 0 Å². The third-order valence-corrected chi connectivity index (χ3v) is 5.95. The highest BCUT2D eigenvalue weighted by Crippen LogP contribution is 2.32. The van der Waals surface area contributed by atoms with Gasteiger partial charge >= 0.3 is 0 Å². The van der Waals surface area contributed by atoms with E-state index in [9.17, 15) is 14.4 Å². The molecule has 0 aliphatic carbocycles. The summed E-state index contributed by atoms with van der Waals surface area (Å²) in [4.78, 5) is 40.2. The number of fused-ring (bicyclic) bond motifs is 2. The Morgan fingerprint density at radius 1 is 1.14 bits per heavy atom. The number of carbonyl (C=O) groups is 3. The Balaban J connectivity index is 1.59. The first kappa shape index (κ1) is 19.5. The van der Waals surface area contributed by atoms with Crippen LogP contribution in [0, 0.1) is 0 Å². The number of imide groups is 1. The Morgan fingerprint density at radius 2 is 1.79 bits per heavy atom. The standard InChI is InChI=1S/C22H22N2O4S/c1-29-13-11-18(24-21(26)14-6-2-3-7-15(14)22(24)27)20(25)23-17-10-12-28-19-9-5-4-8-16(17)19/h2-9,17-18H,10-13H2,1H3,(H,23,25)/t17-,18-/m0/s1. The van der Waals surface area contributed by atoms with E-state index in [-0.39, 0.29) is 11.9 Å². The van der Waals surface area contributed by atoms with Crippen molar-refractivity contribution in [2.45, 2.75) is 24.9 Å². The number of ether oxygens (including phenoxy) is 1. The van der Waals surface area contributed by atoms with Gasteiger partial charge in [0, 0.05) is 12.0 Å². The van der Waals surface area contributed by atoms with Gasteiger partial charge in [0.25, 0.3) is 11.8 Å². The van der Waals surface area contributed by atoms with Gasteiger partial charge in [0.05, 0.1) is 23.8 Å². The fraction of sp³-hybridized carbons (Fsp3) is 0.318. The highest BCUT2D eigenvalue weighted by molar-refractivity contribution is 7.98. The highest BCUT2D eigenvalue weighted by Gasteiger charge is 2.42. The molecule has 29 heavy (non-hydrogen) atoms. The molecular weight excluding hydrogens is 388 g/mol. The first-order chi connectivity index (χ1) is 14.1. The molecule has 0 aromatic heterocycles. The molecule has 2 aliphatic heterocycles. The van der Waals surface area contributed by atoms with Crippen LogP contribution in [-0.4, -0.2) is 47.3 Å². The lowest BCUT2D eigenvalue weighted by molar-refractivity contribution is -0.126. The molecule has 0 fully saturated rings. The molecule has 2 aromatic rings. The van der Waals surface area contributed by atoms with Crippen LogP contribution in [0.4, 0.5) is 0 Å². The number of para-hydroxylation sites is 1. The van der Waals surface area contributed by atoms with Crippen molar-refractivity contribution in [1.29, 1.82) is 0 Å². The minimum Gasteiger partial charge on any atom is -0.493 e. The zero-order valence-electron chi connectivity index (χ0n) is 16.1. The molecule has 2 aromatic carbocycles. The van der Waals surface area contributed by atoms with Gasteiger partial charge < -0.3 is 10.1 Å². The van der Waals surface area contributed by atoms with Crippen molar-refractivity contribution < 1.29 is 19.1 Å². The van der Waals surface area contributed by atoms with Crippen LogP contribution < -0.4 is 10.1 Å². The Labute approximate surface area is 173 Å². The first-order valence-corrected chi connectivity index (χ1v) is 11.0. The van der Waals surface area contributed by atoms with Crippen LogP contribution in [0.15, 0.2) is 48.5 Å². The van der Waals surface area contributed by atoms with E-state index in [2.05, 4.69) is 5.32 Å². The Kier molecular flexibility index (Phi) is 5.58. The summed E-state index contributed by atoms with van der Waals surface area (Å²) >= 11 is 1.58. The highest BCUT2D eigenvalue weighted by atomic mass is 32.2. The van der Waals surface area contributed by atoms with E-state index < -0.39 is 17.9 Å². The maximum atomic E-state index is 13.2. The van der Waals surface area contributed by atoms with Gasteiger partial charge in [-0.1, -0.05) is 30.3 Å². The van der Waals surface area contributed by atoms with E-state index >= 15 is 0 Å². The summed E-state index contributed by atoms with van der Waals surface area (Å²) < 4.78 is 5.66. The number of hydrogen-bond donors (Lipinski definition) is 1. The normalized spacial score (nSPS) is 18.7. The molecule has 0 saturated carbocycles. The summed E-state index contributed by atoms with van der Waals surface area (Å²) in [7, 11) is 0. The third-order valence-electron chi connectivity index (χ3n) is 5.31. The van der Waals surface area contributed by atoms with Crippen LogP contribution in [0.1, 0.15) is 45.2 Å². The molecule has 7 heteroatoms. The number of nitrogens with zero attached hydrogens (tertiary/aromatic N) is 1. The van der Waals surface area contributed by atoms with Crippen molar-refractivity contribution in [3.8, 4) is 5.75 Å². The van der Waals surface area contributed by atoms with Crippen molar-refractivity contribution in [1.82, 2.24) is 10.2 Å². The number of thioether (sulfide) groups is 1. The summed E-state index contributed by atoms with van der Waals surface area (Å²) in [5.41, 5.74) is 1.63. The van der Waals surface area contributed by atoms with Crippen molar-refractivity contribution in [3.05, 3.63) is 65.2 Å². The molecule has 0 unspecified atom stereocenters. The monoisotopic (exact) mass is 410 g/mol. The number of amides is 3. The maximum Gasteiger partial charge on any atom is 0.262 e. The molecule has 0 saturated heterocycles. The SMILES string of the molecule is CSCC[C@@H](C(=O)N[C@H]1CCOc2ccccc21)N1C(=O)c2ccccc2C1=O. The fourth-order valence-electron chi connectivity index (χ4n) is 3.86. The molecule has 2 heterocycles.